The molecule has 126 valence electrons. The molecule has 1 heterocycles. The smallest absolute Gasteiger partial charge is 0.349 e. The first kappa shape index (κ1) is 16.6. The van der Waals surface area contributed by atoms with Crippen LogP contribution in [0.2, 0.25) is 0 Å². The van der Waals surface area contributed by atoms with Gasteiger partial charge in [-0.1, -0.05) is 12.1 Å². The van der Waals surface area contributed by atoms with Gasteiger partial charge in [-0.2, -0.15) is 0 Å². The highest BCUT2D eigenvalue weighted by Gasteiger charge is 2.23. The Morgan fingerprint density at radius 1 is 1.25 bits per heavy atom. The lowest BCUT2D eigenvalue weighted by Gasteiger charge is -2.13. The number of nitrogens with one attached hydrogen (secondary N) is 1. The minimum atomic E-state index is -1.00. The Hall–Kier alpha value is -2.21. The molecule has 0 fully saturated rings. The number of hydrogen-bond acceptors (Lipinski definition) is 4. The number of rotatable bonds is 4. The van der Waals surface area contributed by atoms with Gasteiger partial charge in [0.1, 0.15) is 10.7 Å². The number of ether oxygens (including phenoxy) is 1. The summed E-state index contributed by atoms with van der Waals surface area (Å²) in [5, 5.41) is 2.43. The fourth-order valence-corrected chi connectivity index (χ4v) is 3.80. The molecule has 3 rings (SSSR count). The molecule has 6 heteroatoms. The van der Waals surface area contributed by atoms with Crippen molar-refractivity contribution in [2.24, 2.45) is 0 Å². The zero-order valence-corrected chi connectivity index (χ0v) is 14.1. The van der Waals surface area contributed by atoms with E-state index in [-0.39, 0.29) is 5.69 Å². The molecule has 1 aliphatic carbocycles. The number of thiophene rings is 1. The Kier molecular flexibility index (Phi) is 4.94. The number of anilines is 1. The summed E-state index contributed by atoms with van der Waals surface area (Å²) in [6.07, 6.45) is 3.26. The van der Waals surface area contributed by atoms with Crippen LogP contribution in [0, 0.1) is 5.82 Å². The van der Waals surface area contributed by atoms with Crippen molar-refractivity contribution in [1.29, 1.82) is 0 Å². The van der Waals surface area contributed by atoms with Crippen LogP contribution in [0.15, 0.2) is 30.3 Å². The van der Waals surface area contributed by atoms with Gasteiger partial charge in [0, 0.05) is 4.88 Å². The van der Waals surface area contributed by atoms with Crippen LogP contribution in [0.3, 0.4) is 0 Å². The van der Waals surface area contributed by atoms with E-state index in [4.69, 9.17) is 4.74 Å². The predicted molar refractivity (Wildman–Crippen MR) is 90.9 cm³/mol. The Balaban J connectivity index is 1.62. The van der Waals surface area contributed by atoms with Crippen molar-refractivity contribution in [3.63, 3.8) is 0 Å². The van der Waals surface area contributed by atoms with Crippen LogP contribution >= 0.6 is 11.3 Å². The van der Waals surface area contributed by atoms with E-state index < -0.39 is 23.8 Å². The summed E-state index contributed by atoms with van der Waals surface area (Å²) in [5.74, 6) is -1.60. The number of carbonyl (C=O) groups is 2. The maximum absolute atomic E-state index is 13.6. The molecule has 0 spiro atoms. The standard InChI is InChI=1S/C18H18FNO3S/c1-11(17(21)20-14-8-4-3-7-13(14)19)23-18(22)16-10-12-6-2-5-9-15(12)24-16/h3-4,7-8,10-11H,2,5-6,9H2,1H3,(H,20,21)/t11-/m0/s1. The molecule has 4 nitrogen and oxygen atoms in total. The van der Waals surface area contributed by atoms with Gasteiger partial charge in [0.2, 0.25) is 0 Å². The SMILES string of the molecule is C[C@H](OC(=O)c1cc2c(s1)CCCC2)C(=O)Nc1ccccc1F. The third-order valence-corrected chi connectivity index (χ3v) is 5.20. The largest absolute Gasteiger partial charge is 0.448 e. The number of carbonyl (C=O) groups excluding carboxylic acids is 2. The van der Waals surface area contributed by atoms with Crippen LogP contribution in [0.4, 0.5) is 10.1 Å². The average molecular weight is 347 g/mol. The van der Waals surface area contributed by atoms with Crippen molar-refractivity contribution >= 4 is 28.9 Å². The van der Waals surface area contributed by atoms with E-state index in [0.717, 1.165) is 25.7 Å². The summed E-state index contributed by atoms with van der Waals surface area (Å²) in [6.45, 7) is 1.47. The molecule has 1 aromatic heterocycles. The van der Waals surface area contributed by atoms with Crippen LogP contribution in [-0.2, 0) is 22.4 Å². The number of hydrogen-bond donors (Lipinski definition) is 1. The summed E-state index contributed by atoms with van der Waals surface area (Å²) in [5.41, 5.74) is 1.28. The lowest BCUT2D eigenvalue weighted by Crippen LogP contribution is -2.30. The van der Waals surface area contributed by atoms with Crippen molar-refractivity contribution in [1.82, 2.24) is 0 Å². The Morgan fingerprint density at radius 2 is 2.00 bits per heavy atom. The zero-order valence-electron chi connectivity index (χ0n) is 13.3. The molecule has 1 aliphatic rings. The molecule has 1 atom stereocenters. The number of halogens is 1. The van der Waals surface area contributed by atoms with Crippen LogP contribution in [0.25, 0.3) is 0 Å². The average Bonchev–Trinajstić information content (AvgIpc) is 3.01. The first-order valence-corrected chi connectivity index (χ1v) is 8.74. The van der Waals surface area contributed by atoms with Crippen LogP contribution in [0.1, 0.15) is 39.9 Å². The van der Waals surface area contributed by atoms with Gasteiger partial charge in [-0.05, 0) is 56.4 Å². The normalized spacial score (nSPS) is 14.6. The molecule has 1 amide bonds. The maximum Gasteiger partial charge on any atom is 0.349 e. The second-order valence-electron chi connectivity index (χ2n) is 5.78. The van der Waals surface area contributed by atoms with Gasteiger partial charge in [-0.3, -0.25) is 4.79 Å². The third kappa shape index (κ3) is 3.64. The van der Waals surface area contributed by atoms with E-state index in [1.165, 1.54) is 46.9 Å². The number of aryl methyl sites for hydroxylation is 2. The fourth-order valence-electron chi connectivity index (χ4n) is 2.66. The van der Waals surface area contributed by atoms with E-state index in [1.54, 1.807) is 6.07 Å². The minimum Gasteiger partial charge on any atom is -0.448 e. The molecule has 2 aromatic rings. The molecule has 0 saturated heterocycles. The fraction of sp³-hybridized carbons (Fsp3) is 0.333. The summed E-state index contributed by atoms with van der Waals surface area (Å²) < 4.78 is 18.8. The van der Waals surface area contributed by atoms with Gasteiger partial charge in [0.25, 0.3) is 5.91 Å². The third-order valence-electron chi connectivity index (χ3n) is 3.98. The highest BCUT2D eigenvalue weighted by molar-refractivity contribution is 7.14. The number of esters is 1. The van der Waals surface area contributed by atoms with Crippen molar-refractivity contribution in [3.05, 3.63) is 51.5 Å². The lowest BCUT2D eigenvalue weighted by molar-refractivity contribution is -0.123. The molecule has 0 aliphatic heterocycles. The molecular formula is C18H18FNO3S. The molecule has 1 N–H and O–H groups in total. The van der Waals surface area contributed by atoms with Crippen LogP contribution in [0.5, 0.6) is 0 Å². The molecule has 0 bridgehead atoms. The molecule has 0 unspecified atom stereocenters. The number of para-hydroxylation sites is 1. The molecule has 0 saturated carbocycles. The van der Waals surface area contributed by atoms with Gasteiger partial charge in [-0.15, -0.1) is 11.3 Å². The summed E-state index contributed by atoms with van der Waals surface area (Å²) in [7, 11) is 0. The van der Waals surface area contributed by atoms with Crippen molar-refractivity contribution < 1.29 is 18.7 Å². The summed E-state index contributed by atoms with van der Waals surface area (Å²) >= 11 is 1.44. The summed E-state index contributed by atoms with van der Waals surface area (Å²) in [6, 6.07) is 7.72. The van der Waals surface area contributed by atoms with E-state index in [2.05, 4.69) is 5.32 Å². The van der Waals surface area contributed by atoms with E-state index >= 15 is 0 Å². The highest BCUT2D eigenvalue weighted by atomic mass is 32.1. The first-order chi connectivity index (χ1) is 11.5. The second kappa shape index (κ2) is 7.13. The topological polar surface area (TPSA) is 55.4 Å². The van der Waals surface area contributed by atoms with Gasteiger partial charge in [-0.25, -0.2) is 9.18 Å². The Bertz CT molecular complexity index is 748. The quantitative estimate of drug-likeness (QED) is 0.852. The van der Waals surface area contributed by atoms with E-state index in [9.17, 15) is 14.0 Å². The molecule has 1 aromatic carbocycles. The van der Waals surface area contributed by atoms with Crippen LogP contribution in [-0.4, -0.2) is 18.0 Å². The van der Waals surface area contributed by atoms with E-state index in [1.807, 2.05) is 6.07 Å². The Morgan fingerprint density at radius 3 is 2.75 bits per heavy atom. The molecular weight excluding hydrogens is 329 g/mol. The van der Waals surface area contributed by atoms with Gasteiger partial charge < -0.3 is 10.1 Å². The van der Waals surface area contributed by atoms with Gasteiger partial charge in [0.05, 0.1) is 5.69 Å². The van der Waals surface area contributed by atoms with Crippen molar-refractivity contribution in [3.8, 4) is 0 Å². The lowest BCUT2D eigenvalue weighted by atomic mass is 9.99. The van der Waals surface area contributed by atoms with Crippen molar-refractivity contribution in [2.45, 2.75) is 38.7 Å². The minimum absolute atomic E-state index is 0.0667. The van der Waals surface area contributed by atoms with Gasteiger partial charge in [0.15, 0.2) is 6.10 Å². The molecule has 24 heavy (non-hydrogen) atoms. The van der Waals surface area contributed by atoms with Gasteiger partial charge >= 0.3 is 5.97 Å². The maximum atomic E-state index is 13.6. The summed E-state index contributed by atoms with van der Waals surface area (Å²) in [4.78, 5) is 26.1. The molecule has 0 radical (unpaired) electrons. The Labute approximate surface area is 143 Å². The van der Waals surface area contributed by atoms with Crippen molar-refractivity contribution in [2.75, 3.05) is 5.32 Å². The second-order valence-corrected chi connectivity index (χ2v) is 6.92. The number of benzene rings is 1. The monoisotopic (exact) mass is 347 g/mol. The zero-order chi connectivity index (χ0) is 17.1. The predicted octanol–water partition coefficient (Wildman–Crippen LogP) is 3.95. The highest BCUT2D eigenvalue weighted by Crippen LogP contribution is 2.30. The van der Waals surface area contributed by atoms with Crippen LogP contribution < -0.4 is 5.32 Å². The number of fused-ring (bicyclic) bond motifs is 1. The first-order valence-electron chi connectivity index (χ1n) is 7.92. The van der Waals surface area contributed by atoms with E-state index in [0.29, 0.717) is 4.88 Å². The number of amides is 1.